The Bertz CT molecular complexity index is 640. The van der Waals surface area contributed by atoms with Crippen molar-refractivity contribution in [2.75, 3.05) is 0 Å². The Morgan fingerprint density at radius 2 is 2.00 bits per heavy atom. The lowest BCUT2D eigenvalue weighted by molar-refractivity contribution is -0.183. The number of rotatable bonds is 3. The summed E-state index contributed by atoms with van der Waals surface area (Å²) in [5, 5.41) is 9.86. The highest BCUT2D eigenvalue weighted by molar-refractivity contribution is 5.82. The fourth-order valence-electron chi connectivity index (χ4n) is 2.11. The number of fused-ring (bicyclic) bond motifs is 1. The predicted molar refractivity (Wildman–Crippen MR) is 67.3 cm³/mol. The van der Waals surface area contributed by atoms with E-state index in [2.05, 4.69) is 4.98 Å². The van der Waals surface area contributed by atoms with Gasteiger partial charge in [-0.1, -0.05) is 25.1 Å². The fraction of sp³-hybridized carbons (Fsp3) is 0.286. The number of alkyl halides is 3. The number of carboxylic acid groups (broad SMARTS) is 1. The molecule has 1 aromatic heterocycles. The van der Waals surface area contributed by atoms with Crippen LogP contribution >= 0.6 is 0 Å². The van der Waals surface area contributed by atoms with Crippen LogP contribution in [0, 0.1) is 5.92 Å². The van der Waals surface area contributed by atoms with E-state index in [0.29, 0.717) is 5.52 Å². The van der Waals surface area contributed by atoms with Gasteiger partial charge in [0.05, 0.1) is 17.4 Å². The summed E-state index contributed by atoms with van der Waals surface area (Å²) in [5.74, 6) is -5.10. The van der Waals surface area contributed by atoms with E-state index in [4.69, 9.17) is 5.11 Å². The molecule has 2 unspecified atom stereocenters. The molecule has 6 heteroatoms. The molecular formula is C14H12F3NO2. The van der Waals surface area contributed by atoms with Crippen molar-refractivity contribution in [3.05, 3.63) is 42.1 Å². The van der Waals surface area contributed by atoms with E-state index < -0.39 is 24.0 Å². The number of carbonyl (C=O) groups is 1. The second-order valence-electron chi connectivity index (χ2n) is 4.60. The first kappa shape index (κ1) is 14.3. The van der Waals surface area contributed by atoms with Gasteiger partial charge in [-0.25, -0.2) is 0 Å². The van der Waals surface area contributed by atoms with Crippen molar-refractivity contribution in [3.8, 4) is 0 Å². The lowest BCUT2D eigenvalue weighted by Gasteiger charge is -2.23. The maximum atomic E-state index is 12.8. The Morgan fingerprint density at radius 1 is 1.30 bits per heavy atom. The average molecular weight is 283 g/mol. The lowest BCUT2D eigenvalue weighted by atomic mass is 9.86. The van der Waals surface area contributed by atoms with Gasteiger partial charge in [0.1, 0.15) is 0 Å². The minimum Gasteiger partial charge on any atom is -0.481 e. The maximum absolute atomic E-state index is 12.8. The Kier molecular flexibility index (Phi) is 3.65. The highest BCUT2D eigenvalue weighted by atomic mass is 19.4. The number of benzene rings is 1. The summed E-state index contributed by atoms with van der Waals surface area (Å²) < 4.78 is 38.3. The minimum absolute atomic E-state index is 0.105. The van der Waals surface area contributed by atoms with Crippen LogP contribution in [0.4, 0.5) is 13.2 Å². The summed E-state index contributed by atoms with van der Waals surface area (Å²) in [6, 6.07) is 7.85. The number of pyridine rings is 1. The van der Waals surface area contributed by atoms with Crippen molar-refractivity contribution in [1.29, 1.82) is 0 Å². The predicted octanol–water partition coefficient (Wildman–Crippen LogP) is 3.60. The van der Waals surface area contributed by atoms with Crippen molar-refractivity contribution >= 4 is 16.9 Å². The molecule has 2 aromatic rings. The van der Waals surface area contributed by atoms with Gasteiger partial charge in [0.15, 0.2) is 0 Å². The topological polar surface area (TPSA) is 50.2 Å². The lowest BCUT2D eigenvalue weighted by Crippen LogP contribution is -2.31. The van der Waals surface area contributed by atoms with E-state index in [1.807, 2.05) is 0 Å². The van der Waals surface area contributed by atoms with Gasteiger partial charge in [-0.3, -0.25) is 9.78 Å². The van der Waals surface area contributed by atoms with Gasteiger partial charge in [0.25, 0.3) is 0 Å². The molecule has 1 aromatic carbocycles. The molecule has 0 fully saturated rings. The summed E-state index contributed by atoms with van der Waals surface area (Å²) in [5.41, 5.74) is 0.583. The normalized spacial score (nSPS) is 15.0. The fourth-order valence-corrected chi connectivity index (χ4v) is 2.11. The number of carboxylic acids is 1. The van der Waals surface area contributed by atoms with Crippen LogP contribution in [-0.4, -0.2) is 22.2 Å². The standard InChI is InChI=1S/C14H12F3NO2/c1-8(14(15,16)17)12(13(19)20)10-5-4-9-3-2-6-18-11(9)7-10/h2-8,12H,1H3,(H,19,20). The zero-order valence-electron chi connectivity index (χ0n) is 10.6. The molecular weight excluding hydrogens is 271 g/mol. The van der Waals surface area contributed by atoms with Gasteiger partial charge in [-0.15, -0.1) is 0 Å². The second-order valence-corrected chi connectivity index (χ2v) is 4.60. The number of halogens is 3. The third kappa shape index (κ3) is 2.74. The summed E-state index contributed by atoms with van der Waals surface area (Å²) >= 11 is 0. The number of aliphatic carboxylic acids is 1. The Hall–Kier alpha value is -2.11. The summed E-state index contributed by atoms with van der Waals surface area (Å²) in [7, 11) is 0. The summed E-state index contributed by atoms with van der Waals surface area (Å²) in [6.45, 7) is 0.876. The molecule has 2 atom stereocenters. The quantitative estimate of drug-likeness (QED) is 0.936. The van der Waals surface area contributed by atoms with Crippen molar-refractivity contribution in [2.24, 2.45) is 5.92 Å². The van der Waals surface area contributed by atoms with Gasteiger partial charge in [-0.2, -0.15) is 13.2 Å². The highest BCUT2D eigenvalue weighted by Gasteiger charge is 2.45. The van der Waals surface area contributed by atoms with Crippen LogP contribution in [0.3, 0.4) is 0 Å². The van der Waals surface area contributed by atoms with Crippen LogP contribution in [0.15, 0.2) is 36.5 Å². The number of hydrogen-bond donors (Lipinski definition) is 1. The Balaban J connectivity index is 2.49. The van der Waals surface area contributed by atoms with Crippen LogP contribution in [0.2, 0.25) is 0 Å². The molecule has 1 N–H and O–H groups in total. The second kappa shape index (κ2) is 5.11. The Morgan fingerprint density at radius 3 is 2.60 bits per heavy atom. The molecule has 0 saturated carbocycles. The molecule has 2 rings (SSSR count). The molecule has 0 radical (unpaired) electrons. The summed E-state index contributed by atoms with van der Waals surface area (Å²) in [6.07, 6.45) is -3.06. The molecule has 0 aliphatic rings. The molecule has 0 amide bonds. The van der Waals surface area contributed by atoms with Crippen molar-refractivity contribution < 1.29 is 23.1 Å². The third-order valence-electron chi connectivity index (χ3n) is 3.27. The van der Waals surface area contributed by atoms with Gasteiger partial charge < -0.3 is 5.11 Å². The van der Waals surface area contributed by atoms with Crippen LogP contribution in [-0.2, 0) is 4.79 Å². The molecule has 20 heavy (non-hydrogen) atoms. The third-order valence-corrected chi connectivity index (χ3v) is 3.27. The maximum Gasteiger partial charge on any atom is 0.392 e. The first-order valence-corrected chi connectivity index (χ1v) is 5.95. The summed E-state index contributed by atoms with van der Waals surface area (Å²) in [4.78, 5) is 15.2. The van der Waals surface area contributed by atoms with Crippen molar-refractivity contribution in [2.45, 2.75) is 19.0 Å². The molecule has 106 valence electrons. The number of hydrogen-bond acceptors (Lipinski definition) is 2. The van der Waals surface area contributed by atoms with E-state index in [9.17, 15) is 18.0 Å². The van der Waals surface area contributed by atoms with Gasteiger partial charge in [0.2, 0.25) is 0 Å². The van der Waals surface area contributed by atoms with Gasteiger partial charge in [-0.05, 0) is 17.7 Å². The van der Waals surface area contributed by atoms with Crippen LogP contribution in [0.25, 0.3) is 10.9 Å². The first-order valence-electron chi connectivity index (χ1n) is 5.95. The first-order chi connectivity index (χ1) is 9.30. The number of aromatic nitrogens is 1. The monoisotopic (exact) mass is 283 g/mol. The molecule has 3 nitrogen and oxygen atoms in total. The minimum atomic E-state index is -4.57. The van der Waals surface area contributed by atoms with Gasteiger partial charge in [0, 0.05) is 11.6 Å². The number of nitrogens with zero attached hydrogens (tertiary/aromatic N) is 1. The van der Waals surface area contributed by atoms with E-state index in [1.54, 1.807) is 18.2 Å². The Labute approximate surface area is 113 Å². The van der Waals surface area contributed by atoms with Crippen LogP contribution < -0.4 is 0 Å². The molecule has 0 bridgehead atoms. The van der Waals surface area contributed by atoms with Crippen LogP contribution in [0.5, 0.6) is 0 Å². The smallest absolute Gasteiger partial charge is 0.392 e. The van der Waals surface area contributed by atoms with Crippen LogP contribution in [0.1, 0.15) is 18.4 Å². The van der Waals surface area contributed by atoms with Crippen molar-refractivity contribution in [3.63, 3.8) is 0 Å². The molecule has 0 aliphatic carbocycles. The van der Waals surface area contributed by atoms with E-state index in [0.717, 1.165) is 12.3 Å². The highest BCUT2D eigenvalue weighted by Crippen LogP contribution is 2.38. The zero-order valence-corrected chi connectivity index (χ0v) is 10.6. The molecule has 1 heterocycles. The van der Waals surface area contributed by atoms with Crippen molar-refractivity contribution in [1.82, 2.24) is 4.98 Å². The molecule has 0 spiro atoms. The van der Waals surface area contributed by atoms with E-state index >= 15 is 0 Å². The van der Waals surface area contributed by atoms with Gasteiger partial charge >= 0.3 is 12.1 Å². The molecule has 0 saturated heterocycles. The largest absolute Gasteiger partial charge is 0.481 e. The average Bonchev–Trinajstić information content (AvgIpc) is 2.37. The van der Waals surface area contributed by atoms with E-state index in [1.165, 1.54) is 18.3 Å². The zero-order chi connectivity index (χ0) is 14.9. The SMILES string of the molecule is CC(C(C(=O)O)c1ccc2cccnc2c1)C(F)(F)F. The van der Waals surface area contributed by atoms with E-state index in [-0.39, 0.29) is 5.56 Å². The molecule has 0 aliphatic heterocycles.